The molecule has 0 spiro atoms. The number of nitrogens with zero attached hydrogens (tertiary/aromatic N) is 2. The number of anilines is 1. The van der Waals surface area contributed by atoms with E-state index in [4.69, 9.17) is 0 Å². The number of aliphatic imine (C=N–C) groups is 1. The topological polar surface area (TPSA) is 15.6 Å². The van der Waals surface area contributed by atoms with Gasteiger partial charge in [0.2, 0.25) is 0 Å². The van der Waals surface area contributed by atoms with Gasteiger partial charge in [-0.3, -0.25) is 4.99 Å². The molecule has 3 aromatic carbocycles. The highest BCUT2D eigenvalue weighted by Crippen LogP contribution is 2.29. The largest absolute Gasteiger partial charge is 0.416 e. The van der Waals surface area contributed by atoms with Gasteiger partial charge < -0.3 is 4.90 Å². The van der Waals surface area contributed by atoms with Gasteiger partial charge in [-0.05, 0) is 79.1 Å². The first-order valence-corrected chi connectivity index (χ1v) is 12.1. The van der Waals surface area contributed by atoms with Crippen LogP contribution < -0.4 is 4.90 Å². The van der Waals surface area contributed by atoms with Crippen LogP contribution in [0.2, 0.25) is 0 Å². The van der Waals surface area contributed by atoms with E-state index in [1.807, 2.05) is 30.5 Å². The van der Waals surface area contributed by atoms with Crippen LogP contribution in [0, 0.1) is 11.8 Å². The zero-order valence-electron chi connectivity index (χ0n) is 20.3. The third-order valence-electron chi connectivity index (χ3n) is 5.61. The van der Waals surface area contributed by atoms with E-state index < -0.39 is 11.7 Å². The highest BCUT2D eigenvalue weighted by atomic mass is 19.4. The molecule has 3 rings (SSSR count). The normalized spacial score (nSPS) is 11.3. The quantitative estimate of drug-likeness (QED) is 0.224. The molecule has 0 aliphatic heterocycles. The lowest BCUT2D eigenvalue weighted by Crippen LogP contribution is -2.25. The van der Waals surface area contributed by atoms with Gasteiger partial charge in [0.15, 0.2) is 0 Å². The van der Waals surface area contributed by atoms with Gasteiger partial charge in [-0.25, -0.2) is 0 Å². The zero-order chi connectivity index (χ0) is 25.1. The number of rotatable bonds is 9. The molecule has 0 saturated carbocycles. The minimum atomic E-state index is -4.34. The van der Waals surface area contributed by atoms with E-state index in [0.29, 0.717) is 5.56 Å². The lowest BCUT2D eigenvalue weighted by atomic mass is 10.1. The highest BCUT2D eigenvalue weighted by Gasteiger charge is 2.29. The van der Waals surface area contributed by atoms with Crippen molar-refractivity contribution in [3.8, 4) is 11.8 Å². The maximum atomic E-state index is 12.7. The van der Waals surface area contributed by atoms with Crippen molar-refractivity contribution in [2.45, 2.75) is 45.7 Å². The van der Waals surface area contributed by atoms with Gasteiger partial charge in [0, 0.05) is 36.1 Å². The Morgan fingerprint density at radius 1 is 0.743 bits per heavy atom. The van der Waals surface area contributed by atoms with Crippen molar-refractivity contribution in [2.24, 2.45) is 4.99 Å². The SMILES string of the molecule is CCCCN(CCCC)c1ccc(C=Nc2ccc(C#Cc3ccc(C(F)(F)F)cc3)cc2)cc1. The smallest absolute Gasteiger partial charge is 0.372 e. The van der Waals surface area contributed by atoms with Gasteiger partial charge >= 0.3 is 6.18 Å². The summed E-state index contributed by atoms with van der Waals surface area (Å²) in [6.07, 6.45) is 2.26. The van der Waals surface area contributed by atoms with Crippen molar-refractivity contribution >= 4 is 17.6 Å². The van der Waals surface area contributed by atoms with Crippen molar-refractivity contribution in [2.75, 3.05) is 18.0 Å². The average Bonchev–Trinajstić information content (AvgIpc) is 2.87. The van der Waals surface area contributed by atoms with Crippen LogP contribution in [0.4, 0.5) is 24.5 Å². The maximum absolute atomic E-state index is 12.7. The van der Waals surface area contributed by atoms with Gasteiger partial charge in [0.05, 0.1) is 11.3 Å². The average molecular weight is 477 g/mol. The third-order valence-corrected chi connectivity index (χ3v) is 5.61. The van der Waals surface area contributed by atoms with Crippen LogP contribution >= 0.6 is 0 Å². The van der Waals surface area contributed by atoms with Gasteiger partial charge in [0.1, 0.15) is 0 Å². The summed E-state index contributed by atoms with van der Waals surface area (Å²) in [5.41, 5.74) is 3.72. The lowest BCUT2D eigenvalue weighted by molar-refractivity contribution is -0.137. The monoisotopic (exact) mass is 476 g/mol. The Morgan fingerprint density at radius 3 is 1.74 bits per heavy atom. The predicted octanol–water partition coefficient (Wildman–Crippen LogP) is 8.26. The van der Waals surface area contributed by atoms with Crippen LogP contribution in [0.15, 0.2) is 77.8 Å². The Balaban J connectivity index is 1.61. The van der Waals surface area contributed by atoms with Crippen LogP contribution in [0.25, 0.3) is 0 Å². The highest BCUT2D eigenvalue weighted by molar-refractivity contribution is 5.82. The van der Waals surface area contributed by atoms with E-state index in [1.54, 1.807) is 0 Å². The Bertz CT molecular complexity index is 1130. The molecule has 0 bridgehead atoms. The number of hydrogen-bond acceptors (Lipinski definition) is 2. The molecule has 0 aliphatic carbocycles. The Labute approximate surface area is 206 Å². The summed E-state index contributed by atoms with van der Waals surface area (Å²) < 4.78 is 38.0. The summed E-state index contributed by atoms with van der Waals surface area (Å²) in [5.74, 6) is 5.87. The Kier molecular flexibility index (Phi) is 9.55. The molecular formula is C30H31F3N2. The number of benzene rings is 3. The third kappa shape index (κ3) is 8.33. The van der Waals surface area contributed by atoms with E-state index in [-0.39, 0.29) is 0 Å². The molecule has 0 amide bonds. The summed E-state index contributed by atoms with van der Waals surface area (Å²) in [7, 11) is 0. The molecule has 0 N–H and O–H groups in total. The van der Waals surface area contributed by atoms with Crippen molar-refractivity contribution in [3.05, 3.63) is 95.1 Å². The first kappa shape index (κ1) is 26.1. The molecule has 3 aromatic rings. The first-order chi connectivity index (χ1) is 16.9. The second-order valence-corrected chi connectivity index (χ2v) is 8.42. The molecule has 0 atom stereocenters. The van der Waals surface area contributed by atoms with E-state index in [9.17, 15) is 13.2 Å². The number of unbranched alkanes of at least 4 members (excludes halogenated alkanes) is 2. The van der Waals surface area contributed by atoms with Crippen LogP contribution in [0.3, 0.4) is 0 Å². The molecule has 35 heavy (non-hydrogen) atoms. The summed E-state index contributed by atoms with van der Waals surface area (Å²) in [4.78, 5) is 7.01. The molecule has 5 heteroatoms. The number of halogens is 3. The molecule has 0 fully saturated rings. The second kappa shape index (κ2) is 12.8. The van der Waals surface area contributed by atoms with E-state index in [0.717, 1.165) is 42.0 Å². The van der Waals surface area contributed by atoms with E-state index in [1.165, 1.54) is 43.5 Å². The van der Waals surface area contributed by atoms with Crippen molar-refractivity contribution in [1.29, 1.82) is 0 Å². The van der Waals surface area contributed by atoms with Crippen LogP contribution in [-0.2, 0) is 6.18 Å². The Morgan fingerprint density at radius 2 is 1.26 bits per heavy atom. The van der Waals surface area contributed by atoms with Gasteiger partial charge in [-0.2, -0.15) is 13.2 Å². The number of hydrogen-bond donors (Lipinski definition) is 0. The summed E-state index contributed by atoms with van der Waals surface area (Å²) in [5, 5.41) is 0. The van der Waals surface area contributed by atoms with Gasteiger partial charge in [0.25, 0.3) is 0 Å². The fourth-order valence-corrected chi connectivity index (χ4v) is 3.51. The summed E-state index contributed by atoms with van der Waals surface area (Å²) >= 11 is 0. The maximum Gasteiger partial charge on any atom is 0.416 e. The van der Waals surface area contributed by atoms with Gasteiger partial charge in [-0.1, -0.05) is 50.7 Å². The Hall–Kier alpha value is -3.52. The van der Waals surface area contributed by atoms with E-state index in [2.05, 4.69) is 59.8 Å². The van der Waals surface area contributed by atoms with E-state index >= 15 is 0 Å². The molecular weight excluding hydrogens is 445 g/mol. The molecule has 0 heterocycles. The molecule has 182 valence electrons. The summed E-state index contributed by atoms with van der Waals surface area (Å²) in [6, 6.07) is 20.8. The predicted molar refractivity (Wildman–Crippen MR) is 140 cm³/mol. The molecule has 0 radical (unpaired) electrons. The first-order valence-electron chi connectivity index (χ1n) is 12.1. The van der Waals surface area contributed by atoms with Crippen molar-refractivity contribution in [1.82, 2.24) is 0 Å². The van der Waals surface area contributed by atoms with Crippen LogP contribution in [0.5, 0.6) is 0 Å². The molecule has 0 unspecified atom stereocenters. The molecule has 0 aliphatic rings. The fraction of sp³-hybridized carbons (Fsp3) is 0.300. The number of alkyl halides is 3. The lowest BCUT2D eigenvalue weighted by Gasteiger charge is -2.24. The van der Waals surface area contributed by atoms with Gasteiger partial charge in [-0.15, -0.1) is 0 Å². The molecule has 0 aromatic heterocycles. The van der Waals surface area contributed by atoms with Crippen LogP contribution in [0.1, 0.15) is 61.8 Å². The minimum absolute atomic E-state index is 0.534. The molecule has 0 saturated heterocycles. The second-order valence-electron chi connectivity index (χ2n) is 8.42. The zero-order valence-corrected chi connectivity index (χ0v) is 20.3. The molecule has 2 nitrogen and oxygen atoms in total. The van der Waals surface area contributed by atoms with Crippen molar-refractivity contribution < 1.29 is 13.2 Å². The fourth-order valence-electron chi connectivity index (χ4n) is 3.51. The van der Waals surface area contributed by atoms with Crippen LogP contribution in [-0.4, -0.2) is 19.3 Å². The van der Waals surface area contributed by atoms with Crippen molar-refractivity contribution in [3.63, 3.8) is 0 Å². The summed E-state index contributed by atoms with van der Waals surface area (Å²) in [6.45, 7) is 6.60. The standard InChI is InChI=1S/C30H31F3N2/c1-3-5-21-35(22-6-4-2)29-19-13-26(14-20-29)23-34-28-17-11-25(12-18-28)8-7-24-9-15-27(16-10-24)30(31,32)33/h9-20,23H,3-6,21-22H2,1-2H3. The minimum Gasteiger partial charge on any atom is -0.372 e.